The van der Waals surface area contributed by atoms with Gasteiger partial charge in [0.25, 0.3) is 0 Å². The molecular weight excluding hydrogens is 358 g/mol. The van der Waals surface area contributed by atoms with E-state index in [2.05, 4.69) is 9.64 Å². The molecular formula is C18H25NO8. The van der Waals surface area contributed by atoms with Crippen molar-refractivity contribution in [3.05, 3.63) is 24.3 Å². The average molecular weight is 383 g/mol. The zero-order chi connectivity index (χ0) is 20.3. The van der Waals surface area contributed by atoms with E-state index in [1.54, 1.807) is 6.92 Å². The van der Waals surface area contributed by atoms with Crippen molar-refractivity contribution >= 4 is 23.9 Å². The molecule has 0 spiro atoms. The number of carboxylic acids is 1. The molecule has 1 heterocycles. The maximum Gasteiger partial charge on any atom is 0.331 e. The first-order valence-electron chi connectivity index (χ1n) is 8.53. The summed E-state index contributed by atoms with van der Waals surface area (Å²) >= 11 is 0. The molecule has 9 nitrogen and oxygen atoms in total. The van der Waals surface area contributed by atoms with E-state index >= 15 is 0 Å². The number of esters is 3. The van der Waals surface area contributed by atoms with Crippen LogP contribution in [0.4, 0.5) is 0 Å². The minimum atomic E-state index is -1.28. The summed E-state index contributed by atoms with van der Waals surface area (Å²) in [5.74, 6) is -3.61. The fourth-order valence-electron chi connectivity index (χ4n) is 2.59. The SMILES string of the molecule is COC(=O)/C=C/C(=O)O[C@](C)(COC(=O)/C=C/C(=O)O)CN1CCCCC1. The minimum Gasteiger partial charge on any atom is -0.478 e. The fourth-order valence-corrected chi connectivity index (χ4v) is 2.59. The van der Waals surface area contributed by atoms with Crippen molar-refractivity contribution in [1.82, 2.24) is 4.90 Å². The lowest BCUT2D eigenvalue weighted by Gasteiger charge is -2.36. The summed E-state index contributed by atoms with van der Waals surface area (Å²) in [7, 11) is 1.18. The highest BCUT2D eigenvalue weighted by molar-refractivity contribution is 5.92. The van der Waals surface area contributed by atoms with Crippen LogP contribution in [0.2, 0.25) is 0 Å². The lowest BCUT2D eigenvalue weighted by Crippen LogP contribution is -2.49. The second-order valence-electron chi connectivity index (χ2n) is 6.34. The Kier molecular flexibility index (Phi) is 9.21. The first kappa shape index (κ1) is 22.4. The van der Waals surface area contributed by atoms with Crippen molar-refractivity contribution in [2.75, 3.05) is 33.4 Å². The van der Waals surface area contributed by atoms with Gasteiger partial charge in [0.1, 0.15) is 6.61 Å². The molecule has 0 aromatic carbocycles. The molecule has 0 unspecified atom stereocenters. The highest BCUT2D eigenvalue weighted by atomic mass is 16.6. The number of rotatable bonds is 9. The van der Waals surface area contributed by atoms with Crippen LogP contribution in [0.1, 0.15) is 26.2 Å². The van der Waals surface area contributed by atoms with Crippen LogP contribution in [0.3, 0.4) is 0 Å². The molecule has 0 aromatic rings. The van der Waals surface area contributed by atoms with Gasteiger partial charge < -0.3 is 19.3 Å². The van der Waals surface area contributed by atoms with E-state index in [4.69, 9.17) is 14.6 Å². The summed E-state index contributed by atoms with van der Waals surface area (Å²) in [4.78, 5) is 47.3. The summed E-state index contributed by atoms with van der Waals surface area (Å²) < 4.78 is 14.9. The zero-order valence-corrected chi connectivity index (χ0v) is 15.5. The van der Waals surface area contributed by atoms with Gasteiger partial charge in [0.05, 0.1) is 7.11 Å². The van der Waals surface area contributed by atoms with Crippen LogP contribution >= 0.6 is 0 Å². The predicted octanol–water partition coefficient (Wildman–Crippen LogP) is 0.687. The fraction of sp³-hybridized carbons (Fsp3) is 0.556. The normalized spacial score (nSPS) is 17.4. The number of carbonyl (C=O) groups is 4. The van der Waals surface area contributed by atoms with Crippen LogP contribution < -0.4 is 0 Å². The highest BCUT2D eigenvalue weighted by Crippen LogP contribution is 2.18. The second kappa shape index (κ2) is 11.1. The molecule has 0 saturated carbocycles. The van der Waals surface area contributed by atoms with E-state index in [9.17, 15) is 19.2 Å². The maximum atomic E-state index is 12.0. The van der Waals surface area contributed by atoms with Gasteiger partial charge in [0, 0.05) is 30.8 Å². The second-order valence-corrected chi connectivity index (χ2v) is 6.34. The van der Waals surface area contributed by atoms with Gasteiger partial charge in [-0.3, -0.25) is 4.90 Å². The van der Waals surface area contributed by atoms with E-state index < -0.39 is 29.5 Å². The van der Waals surface area contributed by atoms with Crippen molar-refractivity contribution in [3.8, 4) is 0 Å². The Labute approximate surface area is 157 Å². The van der Waals surface area contributed by atoms with Gasteiger partial charge in [-0.25, -0.2) is 19.2 Å². The van der Waals surface area contributed by atoms with E-state index in [1.807, 2.05) is 0 Å². The zero-order valence-electron chi connectivity index (χ0n) is 15.5. The molecule has 27 heavy (non-hydrogen) atoms. The smallest absolute Gasteiger partial charge is 0.331 e. The summed E-state index contributed by atoms with van der Waals surface area (Å²) in [5, 5.41) is 8.53. The van der Waals surface area contributed by atoms with Gasteiger partial charge in [-0.1, -0.05) is 6.42 Å². The topological polar surface area (TPSA) is 119 Å². The third-order valence-electron chi connectivity index (χ3n) is 3.79. The number of piperidine rings is 1. The molecule has 0 aromatic heterocycles. The minimum absolute atomic E-state index is 0.260. The number of methoxy groups -OCH3 is 1. The van der Waals surface area contributed by atoms with Crippen molar-refractivity contribution in [2.24, 2.45) is 0 Å². The molecule has 1 fully saturated rings. The molecule has 1 aliphatic rings. The standard InChI is InChI=1S/C18H25NO8/c1-18(12-19-10-4-3-5-11-19,13-26-16(23)7-6-14(20)21)27-17(24)9-8-15(22)25-2/h6-9H,3-5,10-13H2,1-2H3,(H,20,21)/b7-6+,9-8+/t18-/m0/s1. The van der Waals surface area contributed by atoms with Gasteiger partial charge >= 0.3 is 23.9 Å². The van der Waals surface area contributed by atoms with Crippen LogP contribution in [-0.4, -0.2) is 72.8 Å². The first-order valence-corrected chi connectivity index (χ1v) is 8.53. The number of aliphatic carboxylic acids is 1. The van der Waals surface area contributed by atoms with Crippen LogP contribution in [0, 0.1) is 0 Å². The lowest BCUT2D eigenvalue weighted by atomic mass is 10.0. The molecule has 1 aliphatic heterocycles. The summed E-state index contributed by atoms with van der Waals surface area (Å²) in [5.41, 5.74) is -1.17. The van der Waals surface area contributed by atoms with E-state index in [0.717, 1.165) is 50.6 Å². The van der Waals surface area contributed by atoms with Crippen LogP contribution in [-0.2, 0) is 33.4 Å². The number of likely N-dealkylation sites (tertiary alicyclic amines) is 1. The summed E-state index contributed by atoms with van der Waals surface area (Å²) in [6.45, 7) is 3.35. The monoisotopic (exact) mass is 383 g/mol. The number of hydrogen-bond acceptors (Lipinski definition) is 8. The number of ether oxygens (including phenoxy) is 3. The quantitative estimate of drug-likeness (QED) is 0.348. The number of hydrogen-bond donors (Lipinski definition) is 1. The molecule has 1 saturated heterocycles. The van der Waals surface area contributed by atoms with E-state index in [1.165, 1.54) is 7.11 Å². The maximum absolute atomic E-state index is 12.0. The van der Waals surface area contributed by atoms with Crippen molar-refractivity contribution in [3.63, 3.8) is 0 Å². The Hall–Kier alpha value is -2.68. The Balaban J connectivity index is 2.76. The van der Waals surface area contributed by atoms with E-state index in [-0.39, 0.29) is 6.61 Å². The molecule has 1 atom stereocenters. The summed E-state index contributed by atoms with van der Waals surface area (Å²) in [6, 6.07) is 0. The lowest BCUT2D eigenvalue weighted by molar-refractivity contribution is -0.167. The third-order valence-corrected chi connectivity index (χ3v) is 3.79. The predicted molar refractivity (Wildman–Crippen MR) is 93.7 cm³/mol. The number of carboxylic acid groups (broad SMARTS) is 1. The number of carbonyl (C=O) groups excluding carboxylic acids is 3. The number of nitrogens with zero attached hydrogens (tertiary/aromatic N) is 1. The van der Waals surface area contributed by atoms with Crippen LogP contribution in [0.25, 0.3) is 0 Å². The molecule has 1 rings (SSSR count). The largest absolute Gasteiger partial charge is 0.478 e. The summed E-state index contributed by atoms with van der Waals surface area (Å²) in [6.07, 6.45) is 6.49. The van der Waals surface area contributed by atoms with Gasteiger partial charge in [-0.2, -0.15) is 0 Å². The highest BCUT2D eigenvalue weighted by Gasteiger charge is 2.33. The van der Waals surface area contributed by atoms with Gasteiger partial charge in [0.15, 0.2) is 5.60 Å². The molecule has 0 bridgehead atoms. The van der Waals surface area contributed by atoms with Gasteiger partial charge in [-0.15, -0.1) is 0 Å². The van der Waals surface area contributed by atoms with Gasteiger partial charge in [-0.05, 0) is 32.9 Å². The molecule has 0 radical (unpaired) electrons. The van der Waals surface area contributed by atoms with Crippen molar-refractivity contribution < 1.29 is 38.5 Å². The van der Waals surface area contributed by atoms with Crippen LogP contribution in [0.15, 0.2) is 24.3 Å². The van der Waals surface area contributed by atoms with E-state index in [0.29, 0.717) is 12.6 Å². The molecule has 0 amide bonds. The Morgan fingerprint density at radius 1 is 0.963 bits per heavy atom. The van der Waals surface area contributed by atoms with Crippen LogP contribution in [0.5, 0.6) is 0 Å². The average Bonchev–Trinajstić information content (AvgIpc) is 2.63. The Morgan fingerprint density at radius 2 is 1.56 bits per heavy atom. The van der Waals surface area contributed by atoms with Gasteiger partial charge in [0.2, 0.25) is 0 Å². The first-order chi connectivity index (χ1) is 12.7. The molecule has 9 heteroatoms. The molecule has 150 valence electrons. The Morgan fingerprint density at radius 3 is 2.15 bits per heavy atom. The molecule has 0 aliphatic carbocycles. The molecule has 1 N–H and O–H groups in total. The Bertz CT molecular complexity index is 606. The van der Waals surface area contributed by atoms with Crippen molar-refractivity contribution in [2.45, 2.75) is 31.8 Å². The third kappa shape index (κ3) is 9.55. The van der Waals surface area contributed by atoms with Crippen molar-refractivity contribution in [1.29, 1.82) is 0 Å².